The number of aromatic nitrogens is 3. The van der Waals surface area contributed by atoms with Crippen molar-refractivity contribution in [3.8, 4) is 11.4 Å². The predicted molar refractivity (Wildman–Crippen MR) is 90.9 cm³/mol. The lowest BCUT2D eigenvalue weighted by atomic mass is 10.2. The van der Waals surface area contributed by atoms with E-state index in [0.717, 1.165) is 43.2 Å². The van der Waals surface area contributed by atoms with Gasteiger partial charge in [0.1, 0.15) is 17.2 Å². The van der Waals surface area contributed by atoms with Gasteiger partial charge in [-0.15, -0.1) is 0 Å². The molecule has 1 amide bonds. The van der Waals surface area contributed by atoms with Crippen molar-refractivity contribution >= 4 is 22.8 Å². The number of anilines is 1. The van der Waals surface area contributed by atoms with Gasteiger partial charge in [0, 0.05) is 24.8 Å². The largest absolute Gasteiger partial charge is 0.378 e. The lowest BCUT2D eigenvalue weighted by molar-refractivity contribution is 0.100. The lowest BCUT2D eigenvalue weighted by Gasteiger charge is -2.27. The number of benzene rings is 1. The van der Waals surface area contributed by atoms with Crippen LogP contribution in [0.4, 0.5) is 5.82 Å². The molecule has 3 aromatic rings. The molecule has 1 aliphatic heterocycles. The number of nitrogens with two attached hydrogens (primary N) is 1. The summed E-state index contributed by atoms with van der Waals surface area (Å²) in [4.78, 5) is 26.0. The van der Waals surface area contributed by atoms with E-state index in [2.05, 4.69) is 19.9 Å². The number of primary amides is 1. The molecule has 0 spiro atoms. The molecule has 0 unspecified atom stereocenters. The molecule has 3 N–H and O–H groups in total. The van der Waals surface area contributed by atoms with Crippen LogP contribution in [0.15, 0.2) is 36.5 Å². The topological polar surface area (TPSA) is 97.1 Å². The summed E-state index contributed by atoms with van der Waals surface area (Å²) in [5.41, 5.74) is 8.04. The number of carbonyl (C=O) groups is 1. The fourth-order valence-electron chi connectivity index (χ4n) is 2.87. The number of morpholine rings is 1. The van der Waals surface area contributed by atoms with E-state index in [4.69, 9.17) is 10.5 Å². The zero-order chi connectivity index (χ0) is 16.5. The van der Waals surface area contributed by atoms with Gasteiger partial charge in [0.05, 0.1) is 24.3 Å². The van der Waals surface area contributed by atoms with Crippen LogP contribution in [0.25, 0.3) is 22.4 Å². The van der Waals surface area contributed by atoms with Gasteiger partial charge in [-0.05, 0) is 24.3 Å². The summed E-state index contributed by atoms with van der Waals surface area (Å²) in [5.74, 6) is 1.11. The lowest BCUT2D eigenvalue weighted by Crippen LogP contribution is -2.36. The quantitative estimate of drug-likeness (QED) is 0.762. The number of hydrogen-bond acceptors (Lipinski definition) is 5. The zero-order valence-electron chi connectivity index (χ0n) is 13.0. The Morgan fingerprint density at radius 2 is 2.04 bits per heavy atom. The molecule has 1 aromatic carbocycles. The van der Waals surface area contributed by atoms with Gasteiger partial charge in [0.25, 0.3) is 5.91 Å². The van der Waals surface area contributed by atoms with Gasteiger partial charge in [-0.1, -0.05) is 6.07 Å². The summed E-state index contributed by atoms with van der Waals surface area (Å²) in [6, 6.07) is 9.27. The van der Waals surface area contributed by atoms with Crippen LogP contribution in [-0.2, 0) is 4.74 Å². The highest BCUT2D eigenvalue weighted by Gasteiger charge is 2.14. The smallest absolute Gasteiger partial charge is 0.250 e. The molecular formula is C17H17N5O2. The third-order valence-electron chi connectivity index (χ3n) is 4.13. The molecule has 0 bridgehead atoms. The van der Waals surface area contributed by atoms with Crippen molar-refractivity contribution in [3.05, 3.63) is 42.1 Å². The normalized spacial score (nSPS) is 14.9. The first-order chi connectivity index (χ1) is 11.7. The van der Waals surface area contributed by atoms with E-state index in [9.17, 15) is 4.79 Å². The summed E-state index contributed by atoms with van der Waals surface area (Å²) < 4.78 is 5.36. The number of ether oxygens (including phenoxy) is 1. The first kappa shape index (κ1) is 14.6. The fraction of sp³-hybridized carbons (Fsp3) is 0.235. The second-order valence-corrected chi connectivity index (χ2v) is 5.66. The number of para-hydroxylation sites is 1. The van der Waals surface area contributed by atoms with E-state index in [1.165, 1.54) is 0 Å². The minimum atomic E-state index is -0.487. The van der Waals surface area contributed by atoms with E-state index in [1.54, 1.807) is 18.3 Å². The van der Waals surface area contributed by atoms with Gasteiger partial charge in [-0.25, -0.2) is 9.97 Å². The molecule has 0 radical (unpaired) electrons. The van der Waals surface area contributed by atoms with Gasteiger partial charge < -0.3 is 20.4 Å². The zero-order valence-corrected chi connectivity index (χ0v) is 13.0. The molecule has 1 saturated heterocycles. The second kappa shape index (κ2) is 5.93. The maximum atomic E-state index is 11.5. The van der Waals surface area contributed by atoms with Crippen LogP contribution in [0.5, 0.6) is 0 Å². The first-order valence-electron chi connectivity index (χ1n) is 7.80. The third-order valence-corrected chi connectivity index (χ3v) is 4.13. The minimum absolute atomic E-state index is 0.410. The molecule has 24 heavy (non-hydrogen) atoms. The van der Waals surface area contributed by atoms with Crippen molar-refractivity contribution in [2.45, 2.75) is 0 Å². The molecule has 4 rings (SSSR count). The highest BCUT2D eigenvalue weighted by atomic mass is 16.5. The Hall–Kier alpha value is -2.93. The van der Waals surface area contributed by atoms with Crippen LogP contribution in [0, 0.1) is 0 Å². The monoisotopic (exact) mass is 323 g/mol. The average Bonchev–Trinajstić information content (AvgIpc) is 3.06. The number of carbonyl (C=O) groups excluding carboxylic acids is 1. The Balaban J connectivity index is 1.67. The number of aromatic amines is 1. The van der Waals surface area contributed by atoms with E-state index in [1.807, 2.05) is 18.2 Å². The molecule has 1 aliphatic rings. The fourth-order valence-corrected chi connectivity index (χ4v) is 2.87. The summed E-state index contributed by atoms with van der Waals surface area (Å²) in [6.07, 6.45) is 1.78. The minimum Gasteiger partial charge on any atom is -0.378 e. The molecule has 7 nitrogen and oxygen atoms in total. The molecule has 7 heteroatoms. The van der Waals surface area contributed by atoms with Gasteiger partial charge in [0.15, 0.2) is 0 Å². The van der Waals surface area contributed by atoms with Crippen molar-refractivity contribution in [3.63, 3.8) is 0 Å². The number of nitrogens with one attached hydrogen (secondary N) is 1. The van der Waals surface area contributed by atoms with Crippen molar-refractivity contribution < 1.29 is 9.53 Å². The number of H-pyrrole nitrogens is 1. The molecular weight excluding hydrogens is 306 g/mol. The maximum absolute atomic E-state index is 11.5. The predicted octanol–water partition coefficient (Wildman–Crippen LogP) is 1.56. The van der Waals surface area contributed by atoms with Crippen molar-refractivity contribution in [1.29, 1.82) is 0 Å². The molecule has 0 aliphatic carbocycles. The SMILES string of the molecule is NC(=O)c1cccc2[nH]c(-c3ccc(N4CCOCC4)nc3)nc12. The van der Waals surface area contributed by atoms with Crippen LogP contribution in [0.3, 0.4) is 0 Å². The van der Waals surface area contributed by atoms with Crippen LogP contribution < -0.4 is 10.6 Å². The standard InChI is InChI=1S/C17H17N5O2/c18-16(23)12-2-1-3-13-15(12)21-17(20-13)11-4-5-14(19-10-11)22-6-8-24-9-7-22/h1-5,10H,6-9H2,(H2,18,23)(H,20,21). The highest BCUT2D eigenvalue weighted by Crippen LogP contribution is 2.24. The number of imidazole rings is 1. The van der Waals surface area contributed by atoms with Crippen molar-refractivity contribution in [1.82, 2.24) is 15.0 Å². The Kier molecular flexibility index (Phi) is 3.62. The number of nitrogens with zero attached hydrogens (tertiary/aromatic N) is 3. The molecule has 0 atom stereocenters. The molecule has 122 valence electrons. The Labute approximate surface area is 138 Å². The van der Waals surface area contributed by atoms with Crippen molar-refractivity contribution in [2.75, 3.05) is 31.2 Å². The number of pyridine rings is 1. The molecule has 3 heterocycles. The Bertz CT molecular complexity index is 882. The van der Waals surface area contributed by atoms with E-state index < -0.39 is 5.91 Å². The van der Waals surface area contributed by atoms with Crippen LogP contribution in [0.1, 0.15) is 10.4 Å². The summed E-state index contributed by atoms with van der Waals surface area (Å²) >= 11 is 0. The van der Waals surface area contributed by atoms with Crippen LogP contribution in [0.2, 0.25) is 0 Å². The highest BCUT2D eigenvalue weighted by molar-refractivity contribution is 6.04. The number of amides is 1. The number of hydrogen-bond donors (Lipinski definition) is 2. The molecule has 0 saturated carbocycles. The van der Waals surface area contributed by atoms with Gasteiger partial charge >= 0.3 is 0 Å². The second-order valence-electron chi connectivity index (χ2n) is 5.66. The van der Waals surface area contributed by atoms with Crippen LogP contribution in [-0.4, -0.2) is 47.2 Å². The summed E-state index contributed by atoms with van der Waals surface area (Å²) in [7, 11) is 0. The van der Waals surface area contributed by atoms with Crippen LogP contribution >= 0.6 is 0 Å². The van der Waals surface area contributed by atoms with Gasteiger partial charge in [0.2, 0.25) is 0 Å². The molecule has 1 fully saturated rings. The van der Waals surface area contributed by atoms with Gasteiger partial charge in [-0.3, -0.25) is 4.79 Å². The number of rotatable bonds is 3. The molecule has 2 aromatic heterocycles. The Morgan fingerprint density at radius 3 is 2.75 bits per heavy atom. The number of fused-ring (bicyclic) bond motifs is 1. The Morgan fingerprint density at radius 1 is 1.21 bits per heavy atom. The van der Waals surface area contributed by atoms with E-state index in [0.29, 0.717) is 16.9 Å². The van der Waals surface area contributed by atoms with E-state index in [-0.39, 0.29) is 0 Å². The van der Waals surface area contributed by atoms with E-state index >= 15 is 0 Å². The van der Waals surface area contributed by atoms with Gasteiger partial charge in [-0.2, -0.15) is 0 Å². The maximum Gasteiger partial charge on any atom is 0.250 e. The third kappa shape index (κ3) is 2.59. The summed E-state index contributed by atoms with van der Waals surface area (Å²) in [6.45, 7) is 3.14. The summed E-state index contributed by atoms with van der Waals surface area (Å²) in [5, 5.41) is 0. The average molecular weight is 323 g/mol. The van der Waals surface area contributed by atoms with Crippen molar-refractivity contribution in [2.24, 2.45) is 5.73 Å². The first-order valence-corrected chi connectivity index (χ1v) is 7.80.